The van der Waals surface area contributed by atoms with Crippen LogP contribution < -0.4 is 4.90 Å². The number of hydrogen-bond donors (Lipinski definition) is 0. The Kier molecular flexibility index (Phi) is 6.18. The van der Waals surface area contributed by atoms with E-state index >= 15 is 0 Å². The Morgan fingerprint density at radius 3 is 2.47 bits per heavy atom. The van der Waals surface area contributed by atoms with Crippen molar-refractivity contribution in [3.8, 4) is 0 Å². The van der Waals surface area contributed by atoms with Crippen LogP contribution in [0.2, 0.25) is 0 Å². The van der Waals surface area contributed by atoms with Crippen LogP contribution in [0.1, 0.15) is 57.6 Å². The number of anilines is 1. The third-order valence-corrected chi connectivity index (χ3v) is 8.20. The van der Waals surface area contributed by atoms with Gasteiger partial charge in [0.15, 0.2) is 5.65 Å². The Hall–Kier alpha value is -3.14. The number of nitrogens with zero attached hydrogens (tertiary/aromatic N) is 5. The van der Waals surface area contributed by atoms with E-state index < -0.39 is 15.6 Å². The SMILES string of the molecule is C[C@@H]1CN(c2ncnc3c2c(C2CC2)cn3S(=O)(=O)Cc2ccccc2)CCN1C(=O)OC(C)(C)C. The maximum Gasteiger partial charge on any atom is 0.410 e. The van der Waals surface area contributed by atoms with E-state index in [2.05, 4.69) is 14.9 Å². The number of fused-ring (bicyclic) bond motifs is 1. The molecule has 3 heterocycles. The Morgan fingerprint density at radius 1 is 1.11 bits per heavy atom. The van der Waals surface area contributed by atoms with Crippen LogP contribution in [0, 0.1) is 0 Å². The smallest absolute Gasteiger partial charge is 0.410 e. The lowest BCUT2D eigenvalue weighted by Crippen LogP contribution is -2.55. The van der Waals surface area contributed by atoms with E-state index in [4.69, 9.17) is 4.74 Å². The van der Waals surface area contributed by atoms with Gasteiger partial charge in [-0.15, -0.1) is 0 Å². The zero-order valence-corrected chi connectivity index (χ0v) is 22.0. The molecule has 0 unspecified atom stereocenters. The van der Waals surface area contributed by atoms with E-state index in [-0.39, 0.29) is 17.9 Å². The highest BCUT2D eigenvalue weighted by atomic mass is 32.2. The third-order valence-electron chi connectivity index (χ3n) is 6.62. The van der Waals surface area contributed by atoms with Crippen molar-refractivity contribution >= 4 is 33.0 Å². The molecular weight excluding hydrogens is 478 g/mol. The third kappa shape index (κ3) is 4.91. The van der Waals surface area contributed by atoms with Crippen molar-refractivity contribution in [1.82, 2.24) is 18.8 Å². The zero-order valence-electron chi connectivity index (χ0n) is 21.2. The maximum absolute atomic E-state index is 13.5. The topological polar surface area (TPSA) is 97.6 Å². The average molecular weight is 512 g/mol. The fourth-order valence-electron chi connectivity index (χ4n) is 4.80. The summed E-state index contributed by atoms with van der Waals surface area (Å²) in [4.78, 5) is 25.6. The van der Waals surface area contributed by atoms with Gasteiger partial charge >= 0.3 is 6.09 Å². The van der Waals surface area contributed by atoms with Gasteiger partial charge in [0.25, 0.3) is 0 Å². The van der Waals surface area contributed by atoms with E-state index in [0.29, 0.717) is 31.2 Å². The van der Waals surface area contributed by atoms with Gasteiger partial charge in [0.05, 0.1) is 11.1 Å². The molecule has 5 rings (SSSR count). The number of amides is 1. The molecule has 1 saturated carbocycles. The summed E-state index contributed by atoms with van der Waals surface area (Å²) in [5.41, 5.74) is 1.58. The predicted octanol–water partition coefficient (Wildman–Crippen LogP) is 4.13. The molecule has 192 valence electrons. The number of piperazine rings is 1. The summed E-state index contributed by atoms with van der Waals surface area (Å²) >= 11 is 0. The lowest BCUT2D eigenvalue weighted by molar-refractivity contribution is 0.0158. The first-order chi connectivity index (χ1) is 17.0. The van der Waals surface area contributed by atoms with Gasteiger partial charge in [0.2, 0.25) is 10.0 Å². The summed E-state index contributed by atoms with van der Waals surface area (Å²) in [5, 5.41) is 0.801. The van der Waals surface area contributed by atoms with Crippen molar-refractivity contribution in [3.63, 3.8) is 0 Å². The summed E-state index contributed by atoms with van der Waals surface area (Å²) in [7, 11) is -3.68. The molecule has 0 radical (unpaired) electrons. The number of hydrogen-bond acceptors (Lipinski definition) is 7. The monoisotopic (exact) mass is 511 g/mol. The van der Waals surface area contributed by atoms with Crippen LogP contribution >= 0.6 is 0 Å². The summed E-state index contributed by atoms with van der Waals surface area (Å²) in [6, 6.07) is 9.09. The molecule has 1 aliphatic heterocycles. The molecule has 36 heavy (non-hydrogen) atoms. The predicted molar refractivity (Wildman–Crippen MR) is 139 cm³/mol. The van der Waals surface area contributed by atoms with Crippen LogP contribution in [0.5, 0.6) is 0 Å². The molecule has 2 aromatic heterocycles. The first-order valence-electron chi connectivity index (χ1n) is 12.4. The van der Waals surface area contributed by atoms with Crippen LogP contribution in [0.15, 0.2) is 42.9 Å². The standard InChI is InChI=1S/C26H33N5O4S/c1-18-14-29(12-13-30(18)25(32)35-26(2,3)4)23-22-21(20-10-11-20)15-31(24(22)28-17-27-23)36(33,34)16-19-8-6-5-7-9-19/h5-9,15,17-18,20H,10-14,16H2,1-4H3/t18-/m1/s1. The van der Waals surface area contributed by atoms with Gasteiger partial charge in [-0.2, -0.15) is 0 Å². The minimum atomic E-state index is -3.68. The van der Waals surface area contributed by atoms with Crippen LogP contribution in [-0.4, -0.2) is 64.6 Å². The van der Waals surface area contributed by atoms with Crippen molar-refractivity contribution < 1.29 is 17.9 Å². The fraction of sp³-hybridized carbons (Fsp3) is 0.500. The van der Waals surface area contributed by atoms with Crippen molar-refractivity contribution in [2.75, 3.05) is 24.5 Å². The Labute approximate surface area is 212 Å². The van der Waals surface area contributed by atoms with Gasteiger partial charge in [-0.05, 0) is 57.6 Å². The molecule has 1 aromatic carbocycles. The molecule has 9 nitrogen and oxygen atoms in total. The van der Waals surface area contributed by atoms with Crippen molar-refractivity contribution in [2.45, 2.75) is 63.9 Å². The number of benzene rings is 1. The summed E-state index contributed by atoms with van der Waals surface area (Å²) < 4.78 is 33.9. The summed E-state index contributed by atoms with van der Waals surface area (Å²) in [6.07, 6.45) is 4.91. The summed E-state index contributed by atoms with van der Waals surface area (Å²) in [6.45, 7) is 9.20. The average Bonchev–Trinajstić information content (AvgIpc) is 3.57. The fourth-order valence-corrected chi connectivity index (χ4v) is 6.23. The van der Waals surface area contributed by atoms with Crippen LogP contribution in [0.4, 0.5) is 10.6 Å². The molecule has 10 heteroatoms. The van der Waals surface area contributed by atoms with Crippen LogP contribution in [0.25, 0.3) is 11.0 Å². The van der Waals surface area contributed by atoms with Crippen molar-refractivity contribution in [2.24, 2.45) is 0 Å². The second kappa shape index (κ2) is 9.06. The Bertz CT molecular complexity index is 1380. The van der Waals surface area contributed by atoms with Gasteiger partial charge in [-0.25, -0.2) is 27.2 Å². The van der Waals surface area contributed by atoms with E-state index in [1.807, 2.05) is 58.0 Å². The summed E-state index contributed by atoms with van der Waals surface area (Å²) in [5.74, 6) is 0.935. The molecule has 0 bridgehead atoms. The molecule has 1 atom stereocenters. The molecule has 2 fully saturated rings. The van der Waals surface area contributed by atoms with E-state index in [1.165, 1.54) is 10.3 Å². The second-order valence-electron chi connectivity index (χ2n) is 10.8. The number of aromatic nitrogens is 3. The first kappa shape index (κ1) is 24.5. The van der Waals surface area contributed by atoms with Crippen molar-refractivity contribution in [1.29, 1.82) is 0 Å². The Balaban J connectivity index is 1.48. The highest BCUT2D eigenvalue weighted by Gasteiger charge is 2.35. The highest BCUT2D eigenvalue weighted by Crippen LogP contribution is 2.46. The quantitative estimate of drug-likeness (QED) is 0.508. The van der Waals surface area contributed by atoms with Gasteiger partial charge in [0.1, 0.15) is 17.7 Å². The van der Waals surface area contributed by atoms with Gasteiger partial charge in [-0.3, -0.25) is 0 Å². The van der Waals surface area contributed by atoms with E-state index in [0.717, 1.165) is 35.2 Å². The minimum Gasteiger partial charge on any atom is -0.444 e. The molecule has 1 aliphatic carbocycles. The molecule has 0 N–H and O–H groups in total. The first-order valence-corrected chi connectivity index (χ1v) is 14.0. The normalized spacial score (nSPS) is 19.1. The largest absolute Gasteiger partial charge is 0.444 e. The maximum atomic E-state index is 13.5. The molecule has 1 amide bonds. The molecular formula is C26H33N5O4S. The number of carbonyl (C=O) groups is 1. The number of carbonyl (C=O) groups excluding carboxylic acids is 1. The zero-order chi connectivity index (χ0) is 25.7. The van der Waals surface area contributed by atoms with Crippen LogP contribution in [-0.2, 0) is 20.5 Å². The second-order valence-corrected chi connectivity index (χ2v) is 12.6. The minimum absolute atomic E-state index is 0.0908. The number of ether oxygens (including phenoxy) is 1. The number of rotatable bonds is 5. The lowest BCUT2D eigenvalue weighted by Gasteiger charge is -2.40. The van der Waals surface area contributed by atoms with Gasteiger partial charge < -0.3 is 14.5 Å². The Morgan fingerprint density at radius 2 is 1.83 bits per heavy atom. The highest BCUT2D eigenvalue weighted by molar-refractivity contribution is 7.89. The van der Waals surface area contributed by atoms with Gasteiger partial charge in [0, 0.05) is 31.9 Å². The molecule has 0 spiro atoms. The van der Waals surface area contributed by atoms with E-state index in [9.17, 15) is 13.2 Å². The van der Waals surface area contributed by atoms with Crippen LogP contribution in [0.3, 0.4) is 0 Å². The van der Waals surface area contributed by atoms with E-state index in [1.54, 1.807) is 11.1 Å². The van der Waals surface area contributed by atoms with Crippen molar-refractivity contribution in [3.05, 3.63) is 54.0 Å². The molecule has 1 saturated heterocycles. The van der Waals surface area contributed by atoms with Gasteiger partial charge in [-0.1, -0.05) is 30.3 Å². The molecule has 2 aliphatic rings. The molecule has 3 aromatic rings. The lowest BCUT2D eigenvalue weighted by atomic mass is 10.1.